The molecule has 358 valence electrons. The van der Waals surface area contributed by atoms with E-state index in [0.717, 1.165) is 0 Å². The monoisotopic (exact) mass is 909 g/mol. The lowest BCUT2D eigenvalue weighted by Gasteiger charge is -2.34. The molecule has 0 unspecified atom stereocenters. The number of primary amides is 1. The topological polar surface area (TPSA) is 242 Å². The summed E-state index contributed by atoms with van der Waals surface area (Å²) < 4.78 is 46.6. The molecule has 3 aromatic heterocycles. The van der Waals surface area contributed by atoms with Crippen molar-refractivity contribution in [1.29, 1.82) is 0 Å². The van der Waals surface area contributed by atoms with E-state index in [-0.39, 0.29) is 73.3 Å². The number of amides is 2. The summed E-state index contributed by atoms with van der Waals surface area (Å²) in [5, 5.41) is 11.4. The number of rotatable bonds is 15. The van der Waals surface area contributed by atoms with Crippen molar-refractivity contribution in [3.8, 4) is 23.2 Å². The van der Waals surface area contributed by atoms with E-state index in [9.17, 15) is 24.3 Å². The quantitative estimate of drug-likeness (QED) is 0.0852. The van der Waals surface area contributed by atoms with Crippen molar-refractivity contribution in [2.45, 2.75) is 123 Å². The Morgan fingerprint density at radius 2 is 1.68 bits per heavy atom. The molecule has 18 nitrogen and oxygen atoms in total. The van der Waals surface area contributed by atoms with Gasteiger partial charge in [-0.2, -0.15) is 0 Å². The molecule has 4 rings (SSSR count). The van der Waals surface area contributed by atoms with E-state index in [4.69, 9.17) is 42.7 Å². The van der Waals surface area contributed by atoms with Gasteiger partial charge in [0.25, 0.3) is 0 Å². The van der Waals surface area contributed by atoms with Crippen LogP contribution in [0.15, 0.2) is 62.0 Å². The standard InChI is InChI=1S/C47H67N5O13/c1-27(16-17-52(7)26-53)18-30(4)37(54)15-14-29(3)40(59-9)22-41-32(6)39(58-8)12-11-13-42-49-35(24-61-42)45-51-36(25-63-45)46-50-34(23-62-46)44(60-10)31(5)38(55)20-28(2)19-33(64-47(48)57)21-43(56)65-41/h11,13,16-18,23-29,31-33,38-41,44,55H,12,14-15,19-22H2,1-10H3,(H2,48,57)/b13-11?,17-16+,30-18+/t27-,28+,29+,31+,32-,33+,38+,39+,40+,41+,44-/m1/s1. The Hall–Kier alpha value is -5.43. The first-order chi connectivity index (χ1) is 31.0. The van der Waals surface area contributed by atoms with Crippen molar-refractivity contribution in [1.82, 2.24) is 19.9 Å². The Bertz CT molecular complexity index is 2070. The zero-order valence-electron chi connectivity index (χ0n) is 39.2. The second-order valence-electron chi connectivity index (χ2n) is 17.2. The molecule has 0 aromatic carbocycles. The van der Waals surface area contributed by atoms with E-state index in [1.165, 1.54) is 30.8 Å². The summed E-state index contributed by atoms with van der Waals surface area (Å²) in [7, 11) is 6.30. The van der Waals surface area contributed by atoms with Crippen LogP contribution in [0.5, 0.6) is 0 Å². The number of cyclic esters (lactones) is 1. The molecule has 0 saturated carbocycles. The zero-order chi connectivity index (χ0) is 47.8. The molecular formula is C47H67N5O13. The molecule has 0 spiro atoms. The molecular weight excluding hydrogens is 843 g/mol. The molecule has 65 heavy (non-hydrogen) atoms. The number of carbonyl (C=O) groups is 4. The summed E-state index contributed by atoms with van der Waals surface area (Å²) >= 11 is 0. The number of ether oxygens (including phenoxy) is 5. The smallest absolute Gasteiger partial charge is 0.404 e. The Labute approximate surface area is 380 Å². The number of fused-ring (bicyclic) bond motifs is 8. The Morgan fingerprint density at radius 1 is 0.985 bits per heavy atom. The van der Waals surface area contributed by atoms with Crippen LogP contribution in [0.4, 0.5) is 4.79 Å². The minimum atomic E-state index is -1.05. The average molecular weight is 910 g/mol. The molecule has 18 heteroatoms. The highest BCUT2D eigenvalue weighted by Gasteiger charge is 2.35. The van der Waals surface area contributed by atoms with E-state index in [2.05, 4.69) is 15.0 Å². The highest BCUT2D eigenvalue weighted by molar-refractivity contribution is 5.94. The van der Waals surface area contributed by atoms with E-state index in [1.54, 1.807) is 40.5 Å². The van der Waals surface area contributed by atoms with Crippen molar-refractivity contribution < 1.29 is 61.2 Å². The summed E-state index contributed by atoms with van der Waals surface area (Å²) in [6.45, 7) is 11.3. The first-order valence-corrected chi connectivity index (χ1v) is 22.0. The molecule has 0 fully saturated rings. The van der Waals surface area contributed by atoms with Crippen LogP contribution in [0.3, 0.4) is 0 Å². The largest absolute Gasteiger partial charge is 0.462 e. The maximum absolute atomic E-state index is 13.9. The number of allylic oxidation sites excluding steroid dienone is 3. The lowest BCUT2D eigenvalue weighted by molar-refractivity contribution is -0.160. The van der Waals surface area contributed by atoms with E-state index >= 15 is 0 Å². The number of hydrogen-bond acceptors (Lipinski definition) is 16. The van der Waals surface area contributed by atoms with Crippen molar-refractivity contribution in [2.24, 2.45) is 35.3 Å². The van der Waals surface area contributed by atoms with Crippen LogP contribution in [0.25, 0.3) is 29.2 Å². The van der Waals surface area contributed by atoms with Crippen molar-refractivity contribution >= 4 is 30.3 Å². The highest BCUT2D eigenvalue weighted by Crippen LogP contribution is 2.34. The van der Waals surface area contributed by atoms with Gasteiger partial charge in [0.1, 0.15) is 42.8 Å². The fourth-order valence-electron chi connectivity index (χ4n) is 8.02. The zero-order valence-corrected chi connectivity index (χ0v) is 39.2. The van der Waals surface area contributed by atoms with Crippen LogP contribution >= 0.6 is 0 Å². The number of ketones is 1. The van der Waals surface area contributed by atoms with E-state index in [0.29, 0.717) is 41.9 Å². The summed E-state index contributed by atoms with van der Waals surface area (Å²) in [6.07, 6.45) is 10.2. The molecule has 0 saturated heterocycles. The predicted molar refractivity (Wildman–Crippen MR) is 238 cm³/mol. The maximum Gasteiger partial charge on any atom is 0.404 e. The summed E-state index contributed by atoms with van der Waals surface area (Å²) in [5.41, 5.74) is 7.19. The van der Waals surface area contributed by atoms with Gasteiger partial charge in [0, 0.05) is 59.3 Å². The fourth-order valence-corrected chi connectivity index (χ4v) is 8.02. The number of carbonyl (C=O) groups excluding carboxylic acids is 4. The van der Waals surface area contributed by atoms with Crippen LogP contribution in [0.2, 0.25) is 0 Å². The predicted octanol–water partition coefficient (Wildman–Crippen LogP) is 7.49. The second-order valence-corrected chi connectivity index (χ2v) is 17.2. The molecule has 1 aliphatic heterocycles. The first-order valence-electron chi connectivity index (χ1n) is 22.0. The van der Waals surface area contributed by atoms with E-state index < -0.39 is 60.5 Å². The van der Waals surface area contributed by atoms with Gasteiger partial charge in [0.15, 0.2) is 17.2 Å². The van der Waals surface area contributed by atoms with Crippen LogP contribution in [0, 0.1) is 29.6 Å². The molecule has 3 aromatic rings. The summed E-state index contributed by atoms with van der Waals surface area (Å²) in [6, 6.07) is 0. The molecule has 0 radical (unpaired) electrons. The van der Waals surface area contributed by atoms with Gasteiger partial charge in [-0.25, -0.2) is 19.7 Å². The summed E-state index contributed by atoms with van der Waals surface area (Å²) in [5.74, 6) is -1.30. The van der Waals surface area contributed by atoms with Crippen LogP contribution < -0.4 is 5.73 Å². The Kier molecular flexibility index (Phi) is 20.3. The number of esters is 1. The van der Waals surface area contributed by atoms with Crippen LogP contribution in [-0.4, -0.2) is 108 Å². The number of methoxy groups -OCH3 is 3. The summed E-state index contributed by atoms with van der Waals surface area (Å²) in [4.78, 5) is 65.2. The van der Waals surface area contributed by atoms with Gasteiger partial charge in [-0.1, -0.05) is 52.8 Å². The van der Waals surface area contributed by atoms with Gasteiger partial charge in [0.05, 0.1) is 24.7 Å². The van der Waals surface area contributed by atoms with Gasteiger partial charge in [-0.05, 0) is 62.0 Å². The van der Waals surface area contributed by atoms with E-state index in [1.807, 2.05) is 52.8 Å². The lowest BCUT2D eigenvalue weighted by Crippen LogP contribution is -2.39. The molecule has 2 amide bonds. The molecule has 6 bridgehead atoms. The SMILES string of the molecule is CO[C@H]1CC=Cc2nc(co2)-c2nc(co2)-c2nc(co2)[C@H](OC)[C@@H](C)[C@@H](O)C[C@@H](C)C[C@H](OC(N)=O)CC(=O)O[C@@H](C[C@H](OC)[C@@H](C)CCC(=O)/C(C)=C/[C@H](C)/C=C/N(C)C=O)[C@@H]1C. The number of nitrogens with zero attached hydrogens (tertiary/aromatic N) is 4. The van der Waals surface area contributed by atoms with Crippen molar-refractivity contribution in [3.05, 3.63) is 60.4 Å². The number of nitrogens with two attached hydrogens (primary N) is 1. The number of aliphatic hydroxyl groups excluding tert-OH is 1. The van der Waals surface area contributed by atoms with Gasteiger partial charge < -0.3 is 52.7 Å². The molecule has 3 N–H and O–H groups in total. The molecule has 0 aliphatic carbocycles. The highest BCUT2D eigenvalue weighted by atomic mass is 16.6. The van der Waals surface area contributed by atoms with Gasteiger partial charge in [0.2, 0.25) is 24.1 Å². The average Bonchev–Trinajstić information content (AvgIpc) is 4.06. The van der Waals surface area contributed by atoms with Gasteiger partial charge >= 0.3 is 12.1 Å². The molecule has 1 aliphatic rings. The first kappa shape index (κ1) is 52.2. The minimum absolute atomic E-state index is 0.0101. The number of Topliss-reactive ketones (excluding diaryl/α,β-unsaturated/α-hetero) is 1. The molecule has 4 heterocycles. The number of aliphatic hydroxyl groups is 1. The maximum atomic E-state index is 13.9. The van der Waals surface area contributed by atoms with Gasteiger partial charge in [-0.15, -0.1) is 0 Å². The molecule has 11 atom stereocenters. The minimum Gasteiger partial charge on any atom is -0.462 e. The Balaban J connectivity index is 1.61. The van der Waals surface area contributed by atoms with Crippen LogP contribution in [-0.2, 0) is 38.1 Å². The third-order valence-electron chi connectivity index (χ3n) is 12.0. The number of oxazole rings is 3. The number of aromatic nitrogens is 3. The van der Waals surface area contributed by atoms with Crippen molar-refractivity contribution in [2.75, 3.05) is 28.4 Å². The van der Waals surface area contributed by atoms with Crippen molar-refractivity contribution in [3.63, 3.8) is 0 Å². The lowest BCUT2D eigenvalue weighted by atomic mass is 9.86. The number of hydrogen-bond donors (Lipinski definition) is 2. The van der Waals surface area contributed by atoms with Crippen LogP contribution in [0.1, 0.15) is 104 Å². The Morgan fingerprint density at radius 3 is 2.35 bits per heavy atom. The second kappa shape index (κ2) is 25.3. The third-order valence-corrected chi connectivity index (χ3v) is 12.0. The normalized spacial score (nSPS) is 25.5. The third kappa shape index (κ3) is 15.6. The van der Waals surface area contributed by atoms with Gasteiger partial charge in [-0.3, -0.25) is 14.4 Å². The fraction of sp³-hybridized carbons (Fsp3) is 0.596.